The molecular weight excluding hydrogens is 148 g/mol. The van der Waals surface area contributed by atoms with Crippen molar-refractivity contribution >= 4 is 0 Å². The van der Waals surface area contributed by atoms with Gasteiger partial charge in [-0.15, -0.1) is 0 Å². The molecule has 2 fully saturated rings. The van der Waals surface area contributed by atoms with E-state index in [1.165, 1.54) is 31.4 Å². The van der Waals surface area contributed by atoms with Gasteiger partial charge in [0, 0.05) is 12.6 Å². The summed E-state index contributed by atoms with van der Waals surface area (Å²) in [4.78, 5) is 0. The van der Waals surface area contributed by atoms with E-state index in [-0.39, 0.29) is 0 Å². The van der Waals surface area contributed by atoms with Gasteiger partial charge in [0.25, 0.3) is 0 Å². The molecule has 2 heteroatoms. The van der Waals surface area contributed by atoms with Crippen LogP contribution in [0.3, 0.4) is 0 Å². The van der Waals surface area contributed by atoms with E-state index in [9.17, 15) is 0 Å². The second kappa shape index (κ2) is 3.58. The van der Waals surface area contributed by atoms with E-state index >= 15 is 0 Å². The lowest BCUT2D eigenvalue weighted by molar-refractivity contribution is 0.347. The highest BCUT2D eigenvalue weighted by molar-refractivity contribution is 5.10. The lowest BCUT2D eigenvalue weighted by Gasteiger charge is -2.32. The number of piperidine rings is 1. The fraction of sp³-hybridized carbons (Fsp3) is 0.800. The normalized spacial score (nSPS) is 37.2. The Balaban J connectivity index is 2.05. The SMILES string of the molecule is C=C1CCNC2CNCCCC12. The number of rotatable bonds is 0. The second-order valence-electron chi connectivity index (χ2n) is 3.92. The third kappa shape index (κ3) is 1.54. The summed E-state index contributed by atoms with van der Waals surface area (Å²) >= 11 is 0. The largest absolute Gasteiger partial charge is 0.315 e. The molecule has 2 N–H and O–H groups in total. The third-order valence-corrected chi connectivity index (χ3v) is 3.10. The van der Waals surface area contributed by atoms with Gasteiger partial charge in [0.1, 0.15) is 0 Å². The number of hydrogen-bond acceptors (Lipinski definition) is 2. The van der Waals surface area contributed by atoms with Crippen LogP contribution in [-0.4, -0.2) is 25.7 Å². The molecule has 2 heterocycles. The van der Waals surface area contributed by atoms with Crippen LogP contribution in [0.2, 0.25) is 0 Å². The Morgan fingerprint density at radius 3 is 3.17 bits per heavy atom. The van der Waals surface area contributed by atoms with Crippen molar-refractivity contribution in [3.05, 3.63) is 12.2 Å². The summed E-state index contributed by atoms with van der Waals surface area (Å²) in [6.07, 6.45) is 3.81. The summed E-state index contributed by atoms with van der Waals surface area (Å²) < 4.78 is 0. The standard InChI is InChI=1S/C10H18N2/c1-8-4-6-12-10-7-11-5-2-3-9(8)10/h9-12H,1-7H2. The zero-order valence-corrected chi connectivity index (χ0v) is 7.60. The van der Waals surface area contributed by atoms with E-state index in [1.54, 1.807) is 0 Å². The topological polar surface area (TPSA) is 24.1 Å². The number of nitrogens with one attached hydrogen (secondary N) is 2. The van der Waals surface area contributed by atoms with Crippen LogP contribution in [0, 0.1) is 5.92 Å². The fourth-order valence-electron chi connectivity index (χ4n) is 2.35. The van der Waals surface area contributed by atoms with Gasteiger partial charge in [-0.2, -0.15) is 0 Å². The highest BCUT2D eigenvalue weighted by Crippen LogP contribution is 2.26. The van der Waals surface area contributed by atoms with Crippen LogP contribution in [0.15, 0.2) is 12.2 Å². The van der Waals surface area contributed by atoms with Gasteiger partial charge in [0.2, 0.25) is 0 Å². The maximum absolute atomic E-state index is 4.17. The van der Waals surface area contributed by atoms with Gasteiger partial charge < -0.3 is 10.6 Å². The Morgan fingerprint density at radius 2 is 2.25 bits per heavy atom. The maximum Gasteiger partial charge on any atom is 0.0257 e. The second-order valence-corrected chi connectivity index (χ2v) is 3.92. The molecule has 2 atom stereocenters. The monoisotopic (exact) mass is 166 g/mol. The smallest absolute Gasteiger partial charge is 0.0257 e. The quantitative estimate of drug-likeness (QED) is 0.523. The van der Waals surface area contributed by atoms with Crippen molar-refractivity contribution in [2.75, 3.05) is 19.6 Å². The van der Waals surface area contributed by atoms with E-state index in [0.29, 0.717) is 6.04 Å². The fourth-order valence-corrected chi connectivity index (χ4v) is 2.35. The van der Waals surface area contributed by atoms with Gasteiger partial charge in [-0.25, -0.2) is 0 Å². The molecule has 2 rings (SSSR count). The van der Waals surface area contributed by atoms with Crippen LogP contribution in [-0.2, 0) is 0 Å². The molecule has 0 radical (unpaired) electrons. The summed E-state index contributed by atoms with van der Waals surface area (Å²) in [5, 5.41) is 7.03. The van der Waals surface area contributed by atoms with Crippen molar-refractivity contribution in [1.82, 2.24) is 10.6 Å². The van der Waals surface area contributed by atoms with Crippen LogP contribution < -0.4 is 10.6 Å². The lowest BCUT2D eigenvalue weighted by atomic mass is 9.84. The van der Waals surface area contributed by atoms with Crippen LogP contribution >= 0.6 is 0 Å². The first kappa shape index (κ1) is 8.27. The molecule has 0 amide bonds. The minimum Gasteiger partial charge on any atom is -0.315 e. The van der Waals surface area contributed by atoms with E-state index < -0.39 is 0 Å². The van der Waals surface area contributed by atoms with E-state index in [2.05, 4.69) is 17.2 Å². The average molecular weight is 166 g/mol. The molecule has 0 spiro atoms. The van der Waals surface area contributed by atoms with Crippen molar-refractivity contribution in [2.24, 2.45) is 5.92 Å². The number of hydrogen-bond donors (Lipinski definition) is 2. The highest BCUT2D eigenvalue weighted by atomic mass is 15.0. The molecule has 0 bridgehead atoms. The van der Waals surface area contributed by atoms with Crippen molar-refractivity contribution in [3.63, 3.8) is 0 Å². The van der Waals surface area contributed by atoms with Gasteiger partial charge in [0.15, 0.2) is 0 Å². The van der Waals surface area contributed by atoms with E-state index in [1.807, 2.05) is 0 Å². The molecule has 0 aromatic heterocycles. The first-order valence-electron chi connectivity index (χ1n) is 4.99. The molecule has 0 aromatic carbocycles. The molecule has 68 valence electrons. The van der Waals surface area contributed by atoms with Crippen LogP contribution in [0.25, 0.3) is 0 Å². The van der Waals surface area contributed by atoms with Crippen LogP contribution in [0.4, 0.5) is 0 Å². The number of fused-ring (bicyclic) bond motifs is 1. The molecule has 0 aliphatic carbocycles. The zero-order chi connectivity index (χ0) is 8.39. The van der Waals surface area contributed by atoms with Crippen molar-refractivity contribution < 1.29 is 0 Å². The van der Waals surface area contributed by atoms with Crippen LogP contribution in [0.1, 0.15) is 19.3 Å². The first-order chi connectivity index (χ1) is 5.88. The third-order valence-electron chi connectivity index (χ3n) is 3.10. The minimum absolute atomic E-state index is 0.661. The van der Waals surface area contributed by atoms with Gasteiger partial charge in [-0.05, 0) is 38.3 Å². The Bertz CT molecular complexity index is 177. The molecule has 2 saturated heterocycles. The Hall–Kier alpha value is -0.340. The average Bonchev–Trinajstić information content (AvgIpc) is 2.30. The molecule has 0 saturated carbocycles. The Kier molecular flexibility index (Phi) is 2.47. The van der Waals surface area contributed by atoms with Crippen LogP contribution in [0.5, 0.6) is 0 Å². The Labute approximate surface area is 74.4 Å². The van der Waals surface area contributed by atoms with Gasteiger partial charge >= 0.3 is 0 Å². The van der Waals surface area contributed by atoms with Gasteiger partial charge in [-0.3, -0.25) is 0 Å². The van der Waals surface area contributed by atoms with Crippen molar-refractivity contribution in [2.45, 2.75) is 25.3 Å². The molecule has 2 unspecified atom stereocenters. The summed E-state index contributed by atoms with van der Waals surface area (Å²) in [5.74, 6) is 0.744. The zero-order valence-electron chi connectivity index (χ0n) is 7.60. The van der Waals surface area contributed by atoms with Crippen molar-refractivity contribution in [1.29, 1.82) is 0 Å². The minimum atomic E-state index is 0.661. The van der Waals surface area contributed by atoms with Gasteiger partial charge in [-0.1, -0.05) is 12.2 Å². The molecular formula is C10H18N2. The van der Waals surface area contributed by atoms with Gasteiger partial charge in [0.05, 0.1) is 0 Å². The molecule has 2 nitrogen and oxygen atoms in total. The Morgan fingerprint density at radius 1 is 1.33 bits per heavy atom. The summed E-state index contributed by atoms with van der Waals surface area (Å²) in [6.45, 7) is 7.61. The lowest BCUT2D eigenvalue weighted by Crippen LogP contribution is -2.46. The maximum atomic E-state index is 4.17. The van der Waals surface area contributed by atoms with E-state index in [0.717, 1.165) is 19.0 Å². The summed E-state index contributed by atoms with van der Waals surface area (Å²) in [7, 11) is 0. The molecule has 2 aliphatic heterocycles. The van der Waals surface area contributed by atoms with E-state index in [4.69, 9.17) is 0 Å². The molecule has 0 aromatic rings. The highest BCUT2D eigenvalue weighted by Gasteiger charge is 2.27. The first-order valence-corrected chi connectivity index (χ1v) is 4.99. The molecule has 2 aliphatic rings. The predicted octanol–water partition coefficient (Wildman–Crippen LogP) is 0.904. The predicted molar refractivity (Wildman–Crippen MR) is 51.1 cm³/mol. The molecule has 12 heavy (non-hydrogen) atoms. The summed E-state index contributed by atoms with van der Waals surface area (Å²) in [6, 6.07) is 0.661. The summed E-state index contributed by atoms with van der Waals surface area (Å²) in [5.41, 5.74) is 1.47. The van der Waals surface area contributed by atoms with Crippen molar-refractivity contribution in [3.8, 4) is 0 Å².